The zero-order chi connectivity index (χ0) is 26.4. The van der Waals surface area contributed by atoms with E-state index in [1.54, 1.807) is 17.2 Å². The number of imidazole rings is 1. The van der Waals surface area contributed by atoms with E-state index in [1.165, 1.54) is 35.4 Å². The van der Waals surface area contributed by atoms with Crippen LogP contribution in [0.4, 0.5) is 8.78 Å². The average molecular weight is 534 g/mol. The fourth-order valence-electron chi connectivity index (χ4n) is 5.23. The normalized spacial score (nSPS) is 18.8. The van der Waals surface area contributed by atoms with Gasteiger partial charge in [0, 0.05) is 35.6 Å². The van der Waals surface area contributed by atoms with E-state index in [4.69, 9.17) is 16.9 Å². The molecular formula is C25H18ClF2N9O. The molecule has 6 rings (SSSR count). The predicted molar refractivity (Wildman–Crippen MR) is 130 cm³/mol. The molecule has 2 aliphatic heterocycles. The first-order valence-corrected chi connectivity index (χ1v) is 12.1. The van der Waals surface area contributed by atoms with E-state index >= 15 is 4.39 Å². The number of nitrogens with zero attached hydrogens (tertiary/aromatic N) is 8. The number of hydrogen-bond donors (Lipinski definition) is 1. The maximum atomic E-state index is 15.3. The number of nitrogens with one attached hydrogen (secondary N) is 1. The van der Waals surface area contributed by atoms with Crippen LogP contribution in [0.2, 0.25) is 5.02 Å². The minimum absolute atomic E-state index is 0.0497. The first kappa shape index (κ1) is 23.9. The Hall–Kier alpha value is -4.50. The van der Waals surface area contributed by atoms with Crippen LogP contribution in [-0.2, 0) is 11.2 Å². The fraction of sp³-hybridized carbons (Fsp3) is 0.240. The average Bonchev–Trinajstić information content (AvgIpc) is 3.68. The highest BCUT2D eigenvalue weighted by atomic mass is 35.5. The monoisotopic (exact) mass is 533 g/mol. The highest BCUT2D eigenvalue weighted by Gasteiger charge is 2.42. The van der Waals surface area contributed by atoms with E-state index in [-0.39, 0.29) is 46.3 Å². The van der Waals surface area contributed by atoms with Crippen molar-refractivity contribution >= 4 is 23.1 Å². The van der Waals surface area contributed by atoms with Crippen molar-refractivity contribution in [3.8, 4) is 23.0 Å². The molecule has 1 unspecified atom stereocenters. The standard InChI is InChI=1S/C25H18ClF2N9O/c26-16-2-4-19(36-12-32-34-35-36)22(24(16)28)13-9-14-1-3-20(37(14)21(38)10-13)25-31-11-18(33-25)15-6-8-30-17(5-7-29)23(15)27/h2,4,6,8,10-12,14,20H,1,3,5,9H2,(H,31,33)/t14?,20-/m0/s1. The van der Waals surface area contributed by atoms with E-state index < -0.39 is 11.6 Å². The van der Waals surface area contributed by atoms with Crippen molar-refractivity contribution in [3.05, 3.63) is 76.7 Å². The molecular weight excluding hydrogens is 516 g/mol. The maximum absolute atomic E-state index is 15.3. The zero-order valence-corrected chi connectivity index (χ0v) is 20.4. The summed E-state index contributed by atoms with van der Waals surface area (Å²) in [5.41, 5.74) is 1.70. The van der Waals surface area contributed by atoms with E-state index in [2.05, 4.69) is 30.5 Å². The maximum Gasteiger partial charge on any atom is 0.247 e. The van der Waals surface area contributed by atoms with Crippen LogP contribution in [-0.4, -0.2) is 52.0 Å². The second-order valence-electron chi connectivity index (χ2n) is 9.00. The molecule has 10 nitrogen and oxygen atoms in total. The molecule has 2 aliphatic rings. The summed E-state index contributed by atoms with van der Waals surface area (Å²) in [6.45, 7) is 0. The van der Waals surface area contributed by atoms with Gasteiger partial charge < -0.3 is 9.88 Å². The Morgan fingerprint density at radius 2 is 2.08 bits per heavy atom. The number of carbonyl (C=O) groups is 1. The summed E-state index contributed by atoms with van der Waals surface area (Å²) in [4.78, 5) is 26.7. The minimum Gasteiger partial charge on any atom is -0.346 e. The molecule has 0 saturated carbocycles. The molecule has 5 heterocycles. The van der Waals surface area contributed by atoms with Crippen LogP contribution < -0.4 is 0 Å². The molecule has 1 N–H and O–H groups in total. The van der Waals surface area contributed by atoms with Gasteiger partial charge in [0.1, 0.15) is 12.2 Å². The number of carbonyl (C=O) groups excluding carboxylic acids is 1. The molecule has 1 saturated heterocycles. The number of nitriles is 1. The molecule has 0 radical (unpaired) electrons. The van der Waals surface area contributed by atoms with Crippen molar-refractivity contribution in [2.24, 2.45) is 0 Å². The van der Waals surface area contributed by atoms with Gasteiger partial charge in [-0.05, 0) is 53.5 Å². The van der Waals surface area contributed by atoms with Gasteiger partial charge in [0.15, 0.2) is 11.6 Å². The number of benzene rings is 1. The summed E-state index contributed by atoms with van der Waals surface area (Å²) in [7, 11) is 0. The molecule has 38 heavy (non-hydrogen) atoms. The molecule has 1 amide bonds. The Labute approximate surface area is 219 Å². The molecule has 13 heteroatoms. The quantitative estimate of drug-likeness (QED) is 0.411. The van der Waals surface area contributed by atoms with Gasteiger partial charge in [-0.15, -0.1) is 5.10 Å². The summed E-state index contributed by atoms with van der Waals surface area (Å²) in [6.07, 6.45) is 7.32. The van der Waals surface area contributed by atoms with Crippen LogP contribution in [0.1, 0.15) is 42.4 Å². The van der Waals surface area contributed by atoms with Gasteiger partial charge in [-0.3, -0.25) is 9.78 Å². The van der Waals surface area contributed by atoms with Crippen LogP contribution in [0, 0.1) is 23.0 Å². The summed E-state index contributed by atoms with van der Waals surface area (Å²) in [6, 6.07) is 5.88. The second-order valence-corrected chi connectivity index (χ2v) is 9.41. The van der Waals surface area contributed by atoms with E-state index in [0.717, 1.165) is 0 Å². The molecule has 3 aromatic heterocycles. The number of aromatic nitrogens is 7. The number of H-pyrrole nitrogens is 1. The second kappa shape index (κ2) is 9.42. The highest BCUT2D eigenvalue weighted by molar-refractivity contribution is 6.31. The molecule has 2 atom stereocenters. The minimum atomic E-state index is -0.646. The lowest BCUT2D eigenvalue weighted by molar-refractivity contribution is -0.129. The Balaban J connectivity index is 1.32. The summed E-state index contributed by atoms with van der Waals surface area (Å²) in [5.74, 6) is -1.01. The van der Waals surface area contributed by atoms with Gasteiger partial charge in [0.25, 0.3) is 0 Å². The van der Waals surface area contributed by atoms with Gasteiger partial charge in [0.05, 0.1) is 40.6 Å². The third kappa shape index (κ3) is 3.92. The fourth-order valence-corrected chi connectivity index (χ4v) is 5.39. The summed E-state index contributed by atoms with van der Waals surface area (Å²) in [5, 5.41) is 20.0. The SMILES string of the molecule is N#CCc1nccc(-c2c[nH]c([C@@H]3CCC4CC(c5c(-n6cnnn6)ccc(Cl)c5F)=CC(=O)N43)n2)c1F. The van der Waals surface area contributed by atoms with Gasteiger partial charge in [0.2, 0.25) is 5.91 Å². The van der Waals surface area contributed by atoms with Crippen molar-refractivity contribution in [1.82, 2.24) is 40.1 Å². The lowest BCUT2D eigenvalue weighted by Crippen LogP contribution is -2.39. The molecule has 0 bridgehead atoms. The highest BCUT2D eigenvalue weighted by Crippen LogP contribution is 2.44. The van der Waals surface area contributed by atoms with Crippen LogP contribution >= 0.6 is 11.6 Å². The van der Waals surface area contributed by atoms with Crippen molar-refractivity contribution < 1.29 is 13.6 Å². The number of rotatable bonds is 5. The molecule has 1 fully saturated rings. The van der Waals surface area contributed by atoms with Gasteiger partial charge >= 0.3 is 0 Å². The third-order valence-corrected chi connectivity index (χ3v) is 7.19. The Morgan fingerprint density at radius 1 is 1.21 bits per heavy atom. The molecule has 190 valence electrons. The van der Waals surface area contributed by atoms with Crippen LogP contribution in [0.25, 0.3) is 22.5 Å². The van der Waals surface area contributed by atoms with E-state index in [1.807, 2.05) is 6.07 Å². The summed E-state index contributed by atoms with van der Waals surface area (Å²) >= 11 is 6.09. The molecule has 4 aromatic rings. The van der Waals surface area contributed by atoms with Crippen molar-refractivity contribution in [3.63, 3.8) is 0 Å². The van der Waals surface area contributed by atoms with Crippen LogP contribution in [0.3, 0.4) is 0 Å². The van der Waals surface area contributed by atoms with Crippen molar-refractivity contribution in [2.75, 3.05) is 0 Å². The molecule has 0 aliphatic carbocycles. The first-order valence-electron chi connectivity index (χ1n) is 11.8. The zero-order valence-electron chi connectivity index (χ0n) is 19.6. The van der Waals surface area contributed by atoms with Crippen molar-refractivity contribution in [1.29, 1.82) is 5.26 Å². The Morgan fingerprint density at radius 3 is 2.87 bits per heavy atom. The number of halogens is 3. The number of pyridine rings is 1. The largest absolute Gasteiger partial charge is 0.346 e. The predicted octanol–water partition coefficient (Wildman–Crippen LogP) is 3.96. The lowest BCUT2D eigenvalue weighted by Gasteiger charge is -2.33. The number of amides is 1. The number of tetrazole rings is 1. The third-order valence-electron chi connectivity index (χ3n) is 6.90. The number of hydrogen-bond acceptors (Lipinski definition) is 7. The molecule has 1 aromatic carbocycles. The van der Waals surface area contributed by atoms with Crippen LogP contribution in [0.15, 0.2) is 43.0 Å². The number of fused-ring (bicyclic) bond motifs is 1. The first-order chi connectivity index (χ1) is 18.5. The smallest absolute Gasteiger partial charge is 0.247 e. The van der Waals surface area contributed by atoms with Gasteiger partial charge in [-0.2, -0.15) is 9.94 Å². The van der Waals surface area contributed by atoms with E-state index in [0.29, 0.717) is 42.0 Å². The van der Waals surface area contributed by atoms with Crippen LogP contribution in [0.5, 0.6) is 0 Å². The van der Waals surface area contributed by atoms with Gasteiger partial charge in [-0.25, -0.2) is 13.8 Å². The lowest BCUT2D eigenvalue weighted by atomic mass is 9.92. The summed E-state index contributed by atoms with van der Waals surface area (Å²) < 4.78 is 31.5. The number of aromatic amines is 1. The van der Waals surface area contributed by atoms with E-state index in [9.17, 15) is 9.18 Å². The topological polar surface area (TPSA) is 129 Å². The Bertz CT molecular complexity index is 1630. The van der Waals surface area contributed by atoms with Gasteiger partial charge in [-0.1, -0.05) is 11.6 Å². The van der Waals surface area contributed by atoms with Crippen molar-refractivity contribution in [2.45, 2.75) is 37.8 Å². The molecule has 0 spiro atoms. The Kier molecular flexibility index (Phi) is 5.92.